The summed E-state index contributed by atoms with van der Waals surface area (Å²) in [4.78, 5) is 17.8. The molecule has 0 spiro atoms. The van der Waals surface area contributed by atoms with Crippen LogP contribution in [0.25, 0.3) is 0 Å². The monoisotopic (exact) mass is 395 g/mol. The van der Waals surface area contributed by atoms with Gasteiger partial charge in [-0.05, 0) is 38.5 Å². The zero-order valence-electron chi connectivity index (χ0n) is 15.7. The number of carbonyl (C=O) groups excluding carboxylic acids is 1. The molecule has 0 saturated carbocycles. The van der Waals surface area contributed by atoms with Gasteiger partial charge in [-0.1, -0.05) is 6.07 Å². The number of morpholine rings is 1. The smallest absolute Gasteiger partial charge is 0.279 e. The van der Waals surface area contributed by atoms with Crippen molar-refractivity contribution in [1.29, 1.82) is 0 Å². The molecule has 3 rings (SSSR count). The topological polar surface area (TPSA) is 101 Å². The molecule has 2 aliphatic heterocycles. The minimum atomic E-state index is -3.70. The lowest BCUT2D eigenvalue weighted by Crippen LogP contribution is -3.16. The average Bonchev–Trinajstić information content (AvgIpc) is 3.06. The number of quaternary nitrogens is 1. The van der Waals surface area contributed by atoms with E-state index in [1.807, 2.05) is 13.8 Å². The van der Waals surface area contributed by atoms with E-state index < -0.39 is 10.0 Å². The Morgan fingerprint density at radius 1 is 1.30 bits per heavy atom. The van der Waals surface area contributed by atoms with Gasteiger partial charge < -0.3 is 15.0 Å². The molecule has 0 aromatic heterocycles. The Hall–Kier alpha value is -1.97. The van der Waals surface area contributed by atoms with Crippen molar-refractivity contribution in [2.75, 3.05) is 31.5 Å². The maximum absolute atomic E-state index is 12.5. The first-order valence-corrected chi connectivity index (χ1v) is 10.8. The Bertz CT molecular complexity index is 814. The molecule has 3 N–H and O–H groups in total. The first-order chi connectivity index (χ1) is 12.8. The van der Waals surface area contributed by atoms with Crippen molar-refractivity contribution >= 4 is 27.5 Å². The Morgan fingerprint density at radius 3 is 2.70 bits per heavy atom. The van der Waals surface area contributed by atoms with Gasteiger partial charge >= 0.3 is 0 Å². The van der Waals surface area contributed by atoms with Crippen LogP contribution in [0.5, 0.6) is 0 Å². The van der Waals surface area contributed by atoms with Crippen molar-refractivity contribution < 1.29 is 22.8 Å². The fourth-order valence-corrected chi connectivity index (χ4v) is 4.68. The number of benzene rings is 1. The number of amides is 1. The summed E-state index contributed by atoms with van der Waals surface area (Å²) in [6.45, 7) is 6.53. The minimum absolute atomic E-state index is 0.107. The van der Waals surface area contributed by atoms with Gasteiger partial charge in [-0.3, -0.25) is 14.5 Å². The average molecular weight is 396 g/mol. The van der Waals surface area contributed by atoms with Crippen LogP contribution in [0.3, 0.4) is 0 Å². The summed E-state index contributed by atoms with van der Waals surface area (Å²) in [5.74, 6) is 0.345. The van der Waals surface area contributed by atoms with E-state index in [2.05, 4.69) is 15.0 Å². The molecule has 0 radical (unpaired) electrons. The van der Waals surface area contributed by atoms with Crippen LogP contribution < -0.4 is 14.9 Å². The van der Waals surface area contributed by atoms with Crippen molar-refractivity contribution in [3.8, 4) is 0 Å². The number of amidine groups is 1. The van der Waals surface area contributed by atoms with Crippen molar-refractivity contribution in [1.82, 2.24) is 4.72 Å². The fourth-order valence-electron chi connectivity index (χ4n) is 3.54. The van der Waals surface area contributed by atoms with Crippen molar-refractivity contribution in [3.05, 3.63) is 24.3 Å². The molecule has 9 heteroatoms. The Morgan fingerprint density at radius 2 is 2.04 bits per heavy atom. The predicted octanol–water partition coefficient (Wildman–Crippen LogP) is -0.212. The van der Waals surface area contributed by atoms with Crippen molar-refractivity contribution in [2.24, 2.45) is 4.99 Å². The van der Waals surface area contributed by atoms with Gasteiger partial charge in [0.1, 0.15) is 31.1 Å². The second-order valence-corrected chi connectivity index (χ2v) is 8.89. The standard InChI is InChI=1S/C18H26N4O4S/c1-13-10-22(11-14(2)26-13)12-18(23)20-15-5-3-6-16(9-15)27(24,25)21-17-7-4-8-19-17/h3,5-6,9,13-14H,4,7-8,10-12H2,1-2H3,(H,19,21)(H,20,23)/p+1/t13-,14-/m1/s1. The molecule has 1 aromatic carbocycles. The lowest BCUT2D eigenvalue weighted by atomic mass is 10.2. The third-order valence-corrected chi connectivity index (χ3v) is 5.96. The molecule has 0 unspecified atom stereocenters. The molecule has 2 aliphatic rings. The summed E-state index contributed by atoms with van der Waals surface area (Å²) < 4.78 is 33.2. The van der Waals surface area contributed by atoms with Crippen LogP contribution in [0.4, 0.5) is 5.69 Å². The van der Waals surface area contributed by atoms with E-state index in [1.165, 1.54) is 12.1 Å². The van der Waals surface area contributed by atoms with E-state index in [0.717, 1.165) is 24.4 Å². The highest BCUT2D eigenvalue weighted by molar-refractivity contribution is 7.90. The number of nitrogens with one attached hydrogen (secondary N) is 3. The number of carbonyl (C=O) groups is 1. The van der Waals surface area contributed by atoms with E-state index in [0.29, 0.717) is 31.0 Å². The number of hydrogen-bond donors (Lipinski definition) is 3. The maximum atomic E-state index is 12.5. The van der Waals surface area contributed by atoms with Crippen LogP contribution in [-0.4, -0.2) is 58.5 Å². The number of anilines is 1. The highest BCUT2D eigenvalue weighted by atomic mass is 32.2. The highest BCUT2D eigenvalue weighted by Crippen LogP contribution is 2.16. The summed E-state index contributed by atoms with van der Waals surface area (Å²) in [6.07, 6.45) is 1.73. The SMILES string of the molecule is C[C@@H]1C[NH+](CC(=O)Nc2cccc(S(=O)(=O)NC3=NCCC3)c2)C[C@@H](C)O1. The third kappa shape index (κ3) is 5.50. The summed E-state index contributed by atoms with van der Waals surface area (Å²) in [5, 5.41) is 2.80. The zero-order chi connectivity index (χ0) is 19.4. The molecule has 1 fully saturated rings. The molecule has 27 heavy (non-hydrogen) atoms. The number of aliphatic imine (C=N–C) groups is 1. The van der Waals surface area contributed by atoms with Crippen LogP contribution >= 0.6 is 0 Å². The fraction of sp³-hybridized carbons (Fsp3) is 0.556. The van der Waals surface area contributed by atoms with Gasteiger partial charge in [-0.15, -0.1) is 0 Å². The van der Waals surface area contributed by atoms with Gasteiger partial charge in [-0.25, -0.2) is 8.42 Å². The number of ether oxygens (including phenoxy) is 1. The Kier molecular flexibility index (Phi) is 6.13. The molecule has 0 bridgehead atoms. The number of hydrogen-bond acceptors (Lipinski definition) is 5. The van der Waals surface area contributed by atoms with E-state index in [4.69, 9.17) is 4.74 Å². The second kappa shape index (κ2) is 8.37. The number of nitrogens with zero attached hydrogens (tertiary/aromatic N) is 1. The van der Waals surface area contributed by atoms with Crippen LogP contribution in [0.1, 0.15) is 26.7 Å². The van der Waals surface area contributed by atoms with Gasteiger partial charge in [0.05, 0.1) is 4.90 Å². The lowest BCUT2D eigenvalue weighted by Gasteiger charge is -2.31. The number of sulfonamides is 1. The van der Waals surface area contributed by atoms with Gasteiger partial charge in [0.2, 0.25) is 0 Å². The van der Waals surface area contributed by atoms with Crippen LogP contribution in [0.2, 0.25) is 0 Å². The Balaban J connectivity index is 1.62. The summed E-state index contributed by atoms with van der Waals surface area (Å²) in [5.41, 5.74) is 0.463. The maximum Gasteiger partial charge on any atom is 0.279 e. The summed E-state index contributed by atoms with van der Waals surface area (Å²) in [7, 11) is -3.70. The van der Waals surface area contributed by atoms with Gasteiger partial charge in [0, 0.05) is 18.7 Å². The third-order valence-electron chi connectivity index (χ3n) is 4.58. The van der Waals surface area contributed by atoms with Crippen molar-refractivity contribution in [2.45, 2.75) is 43.8 Å². The largest absolute Gasteiger partial charge is 0.364 e. The molecular weight excluding hydrogens is 368 g/mol. The zero-order valence-corrected chi connectivity index (χ0v) is 16.5. The highest BCUT2D eigenvalue weighted by Gasteiger charge is 2.27. The molecule has 0 aliphatic carbocycles. The molecule has 1 saturated heterocycles. The summed E-state index contributed by atoms with van der Waals surface area (Å²) >= 11 is 0. The van der Waals surface area contributed by atoms with Gasteiger partial charge in [-0.2, -0.15) is 0 Å². The normalized spacial score (nSPS) is 25.7. The van der Waals surface area contributed by atoms with Crippen molar-refractivity contribution in [3.63, 3.8) is 0 Å². The van der Waals surface area contributed by atoms with Gasteiger partial charge in [0.15, 0.2) is 6.54 Å². The first kappa shape index (κ1) is 19.8. The molecule has 1 amide bonds. The molecule has 2 heterocycles. The van der Waals surface area contributed by atoms with Gasteiger partial charge in [0.25, 0.3) is 15.9 Å². The molecule has 2 atom stereocenters. The lowest BCUT2D eigenvalue weighted by molar-refractivity contribution is -0.907. The minimum Gasteiger partial charge on any atom is -0.364 e. The number of rotatable bonds is 5. The van der Waals surface area contributed by atoms with Crippen LogP contribution in [0, 0.1) is 0 Å². The predicted molar refractivity (Wildman–Crippen MR) is 103 cm³/mol. The van der Waals surface area contributed by atoms with E-state index in [9.17, 15) is 13.2 Å². The molecular formula is C18H27N4O4S+. The Labute approximate surface area is 160 Å². The van der Waals surface area contributed by atoms with E-state index in [1.54, 1.807) is 12.1 Å². The second-order valence-electron chi connectivity index (χ2n) is 7.21. The van der Waals surface area contributed by atoms with E-state index >= 15 is 0 Å². The first-order valence-electron chi connectivity index (χ1n) is 9.27. The van der Waals surface area contributed by atoms with Crippen LogP contribution in [-0.2, 0) is 19.6 Å². The molecule has 1 aromatic rings. The van der Waals surface area contributed by atoms with Crippen LogP contribution in [0.15, 0.2) is 34.2 Å². The quantitative estimate of drug-likeness (QED) is 0.642. The molecule has 8 nitrogen and oxygen atoms in total. The van der Waals surface area contributed by atoms with E-state index in [-0.39, 0.29) is 23.0 Å². The molecule has 148 valence electrons. The summed E-state index contributed by atoms with van der Waals surface area (Å²) in [6, 6.07) is 6.27.